The maximum Gasteiger partial charge on any atom is 0.423 e. The highest BCUT2D eigenvalue weighted by Crippen LogP contribution is 2.28. The molecule has 0 saturated heterocycles. The molecule has 1 heterocycles. The van der Waals surface area contributed by atoms with Gasteiger partial charge in [0.2, 0.25) is 0 Å². The summed E-state index contributed by atoms with van der Waals surface area (Å²) in [5, 5.41) is 13.6. The van der Waals surface area contributed by atoms with Gasteiger partial charge in [0.1, 0.15) is 0 Å². The molecule has 3 aromatic carbocycles. The molecule has 1 unspecified atom stereocenters. The Bertz CT molecular complexity index is 1120. The Kier molecular flexibility index (Phi) is 5.89. The van der Waals surface area contributed by atoms with E-state index in [1.807, 2.05) is 60.7 Å². The monoisotopic (exact) mass is 388 g/mol. The smallest absolute Gasteiger partial charge is 0.407 e. The summed E-state index contributed by atoms with van der Waals surface area (Å²) in [5.74, 6) is -0.576. The van der Waals surface area contributed by atoms with Crippen molar-refractivity contribution in [1.29, 1.82) is 0 Å². The van der Waals surface area contributed by atoms with Gasteiger partial charge in [0.25, 0.3) is 0 Å². The topological polar surface area (TPSA) is 67.4 Å². The predicted molar refractivity (Wildman–Crippen MR) is 115 cm³/mol. The number of hydrogen-bond acceptors (Lipinski definition) is 4. The van der Waals surface area contributed by atoms with Gasteiger partial charge in [-0.15, -0.1) is 0 Å². The molecule has 0 bridgehead atoms. The second-order valence-corrected chi connectivity index (χ2v) is 7.03. The third kappa shape index (κ3) is 4.31. The Balaban J connectivity index is 1.45. The molecule has 5 nitrogen and oxygen atoms in total. The molecule has 0 aliphatic carbocycles. The first-order valence-electron chi connectivity index (χ1n) is 9.89. The van der Waals surface area contributed by atoms with Crippen LogP contribution in [0.15, 0.2) is 88.1 Å². The van der Waals surface area contributed by atoms with Crippen LogP contribution in [0.4, 0.5) is 0 Å². The van der Waals surface area contributed by atoms with Gasteiger partial charge in [-0.2, -0.15) is 0 Å². The van der Waals surface area contributed by atoms with Gasteiger partial charge in [0.05, 0.1) is 5.52 Å². The normalized spacial score (nSPS) is 12.3. The zero-order valence-electron chi connectivity index (χ0n) is 16.1. The maximum absolute atomic E-state index is 12.4. The molecule has 4 rings (SSSR count). The average Bonchev–Trinajstić information content (AvgIpc) is 3.10. The first-order valence-corrected chi connectivity index (χ1v) is 9.89. The highest BCUT2D eigenvalue weighted by Gasteiger charge is 2.18. The SMILES string of the molecule is O=c1oc2c(-c3ccccc3)cccc2n1C(O)NCCCCc1ccccc1. The third-order valence-electron chi connectivity index (χ3n) is 5.03. The molecular weight excluding hydrogens is 364 g/mol. The maximum atomic E-state index is 12.4. The Hall–Kier alpha value is -3.15. The molecule has 2 N–H and O–H groups in total. The summed E-state index contributed by atoms with van der Waals surface area (Å²) < 4.78 is 6.76. The number of para-hydroxylation sites is 1. The number of unbranched alkanes of at least 4 members (excludes halogenated alkanes) is 1. The Morgan fingerprint density at radius 1 is 0.897 bits per heavy atom. The van der Waals surface area contributed by atoms with Crippen LogP contribution < -0.4 is 11.1 Å². The van der Waals surface area contributed by atoms with Gasteiger partial charge in [-0.25, -0.2) is 9.36 Å². The van der Waals surface area contributed by atoms with E-state index in [1.54, 1.807) is 6.07 Å². The quantitative estimate of drug-likeness (QED) is 0.348. The van der Waals surface area contributed by atoms with Crippen LogP contribution in [0.2, 0.25) is 0 Å². The summed E-state index contributed by atoms with van der Waals surface area (Å²) in [7, 11) is 0. The van der Waals surface area contributed by atoms with Crippen LogP contribution in [0.1, 0.15) is 24.8 Å². The van der Waals surface area contributed by atoms with E-state index >= 15 is 0 Å². The van der Waals surface area contributed by atoms with E-state index in [0.717, 1.165) is 30.4 Å². The van der Waals surface area contributed by atoms with Crippen molar-refractivity contribution in [2.24, 2.45) is 0 Å². The molecule has 1 atom stereocenters. The van der Waals surface area contributed by atoms with Crippen molar-refractivity contribution in [2.75, 3.05) is 6.54 Å². The van der Waals surface area contributed by atoms with Crippen molar-refractivity contribution in [3.8, 4) is 11.1 Å². The molecule has 0 spiro atoms. The number of hydrogen-bond donors (Lipinski definition) is 2. The zero-order chi connectivity index (χ0) is 20.1. The fourth-order valence-corrected chi connectivity index (χ4v) is 3.55. The highest BCUT2D eigenvalue weighted by molar-refractivity contribution is 5.90. The summed E-state index contributed by atoms with van der Waals surface area (Å²) in [6.45, 7) is 0.603. The molecule has 29 heavy (non-hydrogen) atoms. The van der Waals surface area contributed by atoms with Crippen molar-refractivity contribution in [2.45, 2.75) is 25.6 Å². The largest absolute Gasteiger partial charge is 0.423 e. The minimum absolute atomic E-state index is 0.480. The average molecular weight is 388 g/mol. The van der Waals surface area contributed by atoms with E-state index < -0.39 is 12.1 Å². The second-order valence-electron chi connectivity index (χ2n) is 7.03. The van der Waals surface area contributed by atoms with E-state index in [2.05, 4.69) is 17.4 Å². The number of fused-ring (bicyclic) bond motifs is 1. The molecular formula is C24H24N2O3. The minimum atomic E-state index is -1.13. The molecule has 0 radical (unpaired) electrons. The van der Waals surface area contributed by atoms with Crippen LogP contribution in [0.3, 0.4) is 0 Å². The molecule has 148 valence electrons. The van der Waals surface area contributed by atoms with Gasteiger partial charge in [0, 0.05) is 5.56 Å². The molecule has 0 aliphatic heterocycles. The van der Waals surface area contributed by atoms with Gasteiger partial charge in [-0.1, -0.05) is 72.8 Å². The van der Waals surface area contributed by atoms with Crippen LogP contribution in [-0.2, 0) is 6.42 Å². The van der Waals surface area contributed by atoms with Crippen LogP contribution in [0.25, 0.3) is 22.2 Å². The molecule has 5 heteroatoms. The third-order valence-corrected chi connectivity index (χ3v) is 5.03. The number of aromatic nitrogens is 1. The molecule has 0 saturated carbocycles. The van der Waals surface area contributed by atoms with Crippen molar-refractivity contribution >= 4 is 11.1 Å². The standard InChI is InChI=1S/C24H24N2O3/c27-23(25-17-8-7-12-18-10-3-1-4-11-18)26-21-16-9-15-20(22(21)29-24(26)28)19-13-5-2-6-14-19/h1-6,9-11,13-16,23,25,27H,7-8,12,17H2. The summed E-state index contributed by atoms with van der Waals surface area (Å²) in [6.07, 6.45) is 1.76. The van der Waals surface area contributed by atoms with Crippen LogP contribution in [0, 0.1) is 0 Å². The van der Waals surface area contributed by atoms with E-state index in [9.17, 15) is 9.90 Å². The number of oxazole rings is 1. The van der Waals surface area contributed by atoms with E-state index in [-0.39, 0.29) is 0 Å². The minimum Gasteiger partial charge on any atom is -0.407 e. The number of aliphatic hydroxyl groups excluding tert-OH is 1. The van der Waals surface area contributed by atoms with Crippen LogP contribution in [0.5, 0.6) is 0 Å². The molecule has 0 aliphatic rings. The number of aliphatic hydroxyl groups is 1. The van der Waals surface area contributed by atoms with Gasteiger partial charge in [-0.05, 0) is 43.0 Å². The van der Waals surface area contributed by atoms with Crippen molar-refractivity contribution in [3.63, 3.8) is 0 Å². The Morgan fingerprint density at radius 2 is 1.62 bits per heavy atom. The predicted octanol–water partition coefficient (Wildman–Crippen LogP) is 4.32. The summed E-state index contributed by atoms with van der Waals surface area (Å²) in [5.41, 5.74) is 4.14. The van der Waals surface area contributed by atoms with Gasteiger partial charge in [-0.3, -0.25) is 5.32 Å². The molecule has 0 fully saturated rings. The van der Waals surface area contributed by atoms with Crippen molar-refractivity contribution in [1.82, 2.24) is 9.88 Å². The number of rotatable bonds is 8. The van der Waals surface area contributed by atoms with Crippen LogP contribution in [-0.4, -0.2) is 16.2 Å². The lowest BCUT2D eigenvalue weighted by atomic mass is 10.0. The first-order chi connectivity index (χ1) is 14.2. The summed E-state index contributed by atoms with van der Waals surface area (Å²) >= 11 is 0. The van der Waals surface area contributed by atoms with Crippen LogP contribution >= 0.6 is 0 Å². The second kappa shape index (κ2) is 8.90. The molecule has 0 amide bonds. The van der Waals surface area contributed by atoms with E-state index in [0.29, 0.717) is 17.6 Å². The Morgan fingerprint density at radius 3 is 2.38 bits per heavy atom. The fraction of sp³-hybridized carbons (Fsp3) is 0.208. The molecule has 1 aromatic heterocycles. The number of benzene rings is 3. The zero-order valence-corrected chi connectivity index (χ0v) is 16.1. The van der Waals surface area contributed by atoms with Crippen molar-refractivity contribution in [3.05, 3.63) is 95.0 Å². The lowest BCUT2D eigenvalue weighted by molar-refractivity contribution is 0.0647. The Labute approximate surface area is 169 Å². The van der Waals surface area contributed by atoms with E-state index in [4.69, 9.17) is 4.42 Å². The number of nitrogens with one attached hydrogen (secondary N) is 1. The first kappa shape index (κ1) is 19.2. The number of nitrogens with zero attached hydrogens (tertiary/aromatic N) is 1. The van der Waals surface area contributed by atoms with Crippen molar-refractivity contribution < 1.29 is 9.52 Å². The lowest BCUT2D eigenvalue weighted by Gasteiger charge is -2.13. The number of aryl methyl sites for hydroxylation is 1. The summed E-state index contributed by atoms with van der Waals surface area (Å²) in [4.78, 5) is 12.4. The molecule has 4 aromatic rings. The van der Waals surface area contributed by atoms with Gasteiger partial charge >= 0.3 is 5.76 Å². The summed E-state index contributed by atoms with van der Waals surface area (Å²) in [6, 6.07) is 25.6. The van der Waals surface area contributed by atoms with E-state index in [1.165, 1.54) is 10.1 Å². The van der Waals surface area contributed by atoms with Gasteiger partial charge < -0.3 is 9.52 Å². The lowest BCUT2D eigenvalue weighted by Crippen LogP contribution is -2.32. The van der Waals surface area contributed by atoms with Gasteiger partial charge in [0.15, 0.2) is 11.9 Å². The highest BCUT2D eigenvalue weighted by atomic mass is 16.4. The fourth-order valence-electron chi connectivity index (χ4n) is 3.55.